The van der Waals surface area contributed by atoms with Gasteiger partial charge in [-0.15, -0.1) is 0 Å². The van der Waals surface area contributed by atoms with Crippen LogP contribution < -0.4 is 0 Å². The second-order valence-corrected chi connectivity index (χ2v) is 6.23. The van der Waals surface area contributed by atoms with Gasteiger partial charge in [0.1, 0.15) is 0 Å². The minimum Gasteiger partial charge on any atom is -0.463 e. The highest BCUT2D eigenvalue weighted by Gasteiger charge is 2.55. The van der Waals surface area contributed by atoms with Crippen LogP contribution in [-0.4, -0.2) is 29.2 Å². The maximum Gasteiger partial charge on any atom is 0.347 e. The summed E-state index contributed by atoms with van der Waals surface area (Å²) in [4.78, 5) is 23.8. The normalized spacial score (nSPS) is 25.0. The minimum atomic E-state index is -1.46. The summed E-state index contributed by atoms with van der Waals surface area (Å²) in [5, 5.41) is 0. The highest BCUT2D eigenvalue weighted by Crippen LogP contribution is 2.55. The monoisotopic (exact) mass is 358 g/mol. The Morgan fingerprint density at radius 1 is 1.43 bits per heavy atom. The molecule has 0 spiro atoms. The fourth-order valence-corrected chi connectivity index (χ4v) is 2.56. The molecule has 0 saturated heterocycles. The van der Waals surface area contributed by atoms with Crippen molar-refractivity contribution in [3.05, 3.63) is 35.9 Å². The zero-order valence-corrected chi connectivity index (χ0v) is 13.1. The van der Waals surface area contributed by atoms with Crippen molar-refractivity contribution in [3.63, 3.8) is 0 Å². The van der Waals surface area contributed by atoms with Gasteiger partial charge in [0.2, 0.25) is 0 Å². The van der Waals surface area contributed by atoms with Crippen molar-refractivity contribution in [1.82, 2.24) is 0 Å². The third-order valence-electron chi connectivity index (χ3n) is 3.26. The van der Waals surface area contributed by atoms with Crippen molar-refractivity contribution in [2.75, 3.05) is 6.61 Å². The number of carbonyl (C=O) groups is 2. The Morgan fingerprint density at radius 3 is 2.57 bits per heavy atom. The van der Waals surface area contributed by atoms with Gasteiger partial charge in [0.15, 0.2) is 10.7 Å². The Labute approximate surface area is 130 Å². The van der Waals surface area contributed by atoms with Crippen LogP contribution in [0.15, 0.2) is 30.3 Å². The van der Waals surface area contributed by atoms with Crippen molar-refractivity contribution in [2.45, 2.75) is 30.4 Å². The zero-order chi connectivity index (χ0) is 15.5. The van der Waals surface area contributed by atoms with Crippen LogP contribution in [0.2, 0.25) is 0 Å². The van der Waals surface area contributed by atoms with Crippen molar-refractivity contribution >= 4 is 27.9 Å². The smallest absolute Gasteiger partial charge is 0.347 e. The summed E-state index contributed by atoms with van der Waals surface area (Å²) >= 11 is 2.92. The molecule has 1 saturated carbocycles. The Bertz CT molecular complexity index is 518. The molecule has 0 amide bonds. The molecule has 0 aromatic heterocycles. The third-order valence-corrected chi connectivity index (χ3v) is 4.23. The first kappa shape index (κ1) is 15.9. The van der Waals surface area contributed by atoms with E-state index in [0.717, 1.165) is 0 Å². The number of halogens is 2. The van der Waals surface area contributed by atoms with Crippen molar-refractivity contribution in [2.24, 2.45) is 5.92 Å². The Hall–Kier alpha value is -1.43. The topological polar surface area (TPSA) is 52.6 Å². The predicted octanol–water partition coefficient (Wildman–Crippen LogP) is 3.25. The number of hydrogen-bond acceptors (Lipinski definition) is 4. The molecule has 1 fully saturated rings. The largest absolute Gasteiger partial charge is 0.463 e. The van der Waals surface area contributed by atoms with Crippen LogP contribution in [0.25, 0.3) is 0 Å². The van der Waals surface area contributed by atoms with E-state index in [2.05, 4.69) is 15.9 Å². The van der Waals surface area contributed by atoms with Gasteiger partial charge in [-0.2, -0.15) is 0 Å². The fraction of sp³-hybridized carbons (Fsp3) is 0.467. The highest BCUT2D eigenvalue weighted by molar-refractivity contribution is 9.10. The predicted molar refractivity (Wildman–Crippen MR) is 77.8 cm³/mol. The molecule has 0 bridgehead atoms. The lowest BCUT2D eigenvalue weighted by atomic mass is 10.1. The minimum absolute atomic E-state index is 0.110. The number of ether oxygens (including phenoxy) is 2. The Morgan fingerprint density at radius 2 is 2.05 bits per heavy atom. The van der Waals surface area contributed by atoms with Gasteiger partial charge in [0.05, 0.1) is 12.2 Å². The molecule has 0 radical (unpaired) electrons. The van der Waals surface area contributed by atoms with Crippen LogP contribution in [-0.2, 0) is 14.3 Å². The second kappa shape index (κ2) is 6.56. The SMILES string of the molecule is CCOC(=O)C(CC1CC1(F)Br)OC(=O)c1ccccc1. The molecule has 1 aliphatic rings. The molecular formula is C15H16BrFO4. The van der Waals surface area contributed by atoms with Crippen LogP contribution in [0.5, 0.6) is 0 Å². The molecule has 2 rings (SSSR count). The molecule has 1 aromatic rings. The standard InChI is InChI=1S/C15H16BrFO4/c1-2-20-14(19)12(8-11-9-15(11,16)17)21-13(18)10-6-4-3-5-7-10/h3-7,11-12H,2,8-9H2,1H3. The molecular weight excluding hydrogens is 343 g/mol. The van der Waals surface area contributed by atoms with Crippen LogP contribution in [0.3, 0.4) is 0 Å². The van der Waals surface area contributed by atoms with E-state index in [0.29, 0.717) is 12.0 Å². The molecule has 0 aliphatic heterocycles. The first-order valence-corrected chi connectivity index (χ1v) is 7.54. The van der Waals surface area contributed by atoms with E-state index in [4.69, 9.17) is 9.47 Å². The lowest BCUT2D eigenvalue weighted by molar-refractivity contribution is -0.154. The molecule has 21 heavy (non-hydrogen) atoms. The highest BCUT2D eigenvalue weighted by atomic mass is 79.9. The van der Waals surface area contributed by atoms with E-state index in [9.17, 15) is 14.0 Å². The summed E-state index contributed by atoms with van der Waals surface area (Å²) in [5.41, 5.74) is 0.341. The lowest BCUT2D eigenvalue weighted by Crippen LogP contribution is -2.30. The molecule has 1 aliphatic carbocycles. The van der Waals surface area contributed by atoms with E-state index in [1.54, 1.807) is 37.3 Å². The Kier molecular flexibility index (Phi) is 4.98. The van der Waals surface area contributed by atoms with E-state index < -0.39 is 22.6 Å². The molecule has 114 valence electrons. The molecule has 6 heteroatoms. The van der Waals surface area contributed by atoms with E-state index >= 15 is 0 Å². The summed E-state index contributed by atoms with van der Waals surface area (Å²) in [6.45, 7) is 1.84. The molecule has 3 atom stereocenters. The number of hydrogen-bond donors (Lipinski definition) is 0. The summed E-state index contributed by atoms with van der Waals surface area (Å²) in [6, 6.07) is 8.34. The number of benzene rings is 1. The molecule has 0 heterocycles. The summed E-state index contributed by atoms with van der Waals surface area (Å²) < 4.78 is 22.2. The van der Waals surface area contributed by atoms with Gasteiger partial charge in [-0.05, 0) is 41.4 Å². The zero-order valence-electron chi connectivity index (χ0n) is 11.6. The average Bonchev–Trinajstić information content (AvgIpc) is 3.06. The average molecular weight is 359 g/mol. The molecule has 1 aromatic carbocycles. The third kappa shape index (κ3) is 4.27. The number of esters is 2. The van der Waals surface area contributed by atoms with Crippen LogP contribution >= 0.6 is 15.9 Å². The maximum atomic E-state index is 13.6. The van der Waals surface area contributed by atoms with Gasteiger partial charge >= 0.3 is 11.9 Å². The van der Waals surface area contributed by atoms with Gasteiger partial charge in [-0.3, -0.25) is 0 Å². The van der Waals surface area contributed by atoms with Gasteiger partial charge in [0, 0.05) is 12.3 Å². The second-order valence-electron chi connectivity index (χ2n) is 4.91. The van der Waals surface area contributed by atoms with Gasteiger partial charge in [-0.1, -0.05) is 18.2 Å². The van der Waals surface area contributed by atoms with E-state index in [1.807, 2.05) is 0 Å². The first-order valence-electron chi connectivity index (χ1n) is 6.74. The maximum absolute atomic E-state index is 13.6. The molecule has 0 N–H and O–H groups in total. The van der Waals surface area contributed by atoms with Crippen molar-refractivity contribution in [3.8, 4) is 0 Å². The van der Waals surface area contributed by atoms with Crippen molar-refractivity contribution in [1.29, 1.82) is 0 Å². The number of alkyl halides is 2. The van der Waals surface area contributed by atoms with E-state index in [1.165, 1.54) is 0 Å². The quantitative estimate of drug-likeness (QED) is 0.578. The van der Waals surface area contributed by atoms with Gasteiger partial charge in [0.25, 0.3) is 0 Å². The van der Waals surface area contributed by atoms with Crippen molar-refractivity contribution < 1.29 is 23.5 Å². The summed E-state index contributed by atoms with van der Waals surface area (Å²) in [7, 11) is 0. The number of carbonyl (C=O) groups excluding carboxylic acids is 2. The molecule has 4 nitrogen and oxygen atoms in total. The van der Waals surface area contributed by atoms with E-state index in [-0.39, 0.29) is 18.9 Å². The van der Waals surface area contributed by atoms with Crippen LogP contribution in [0.1, 0.15) is 30.1 Å². The lowest BCUT2D eigenvalue weighted by Gasteiger charge is -2.16. The van der Waals surface area contributed by atoms with Crippen LogP contribution in [0, 0.1) is 5.92 Å². The molecule has 3 unspecified atom stereocenters. The number of rotatable bonds is 6. The fourth-order valence-electron chi connectivity index (χ4n) is 1.98. The summed E-state index contributed by atoms with van der Waals surface area (Å²) in [6.07, 6.45) is -0.678. The summed E-state index contributed by atoms with van der Waals surface area (Å²) in [5.74, 6) is -1.61. The van der Waals surface area contributed by atoms with Gasteiger partial charge < -0.3 is 9.47 Å². The first-order chi connectivity index (χ1) is 9.94. The Balaban J connectivity index is 2.01. The van der Waals surface area contributed by atoms with Crippen LogP contribution in [0.4, 0.5) is 4.39 Å². The van der Waals surface area contributed by atoms with Gasteiger partial charge in [-0.25, -0.2) is 14.0 Å².